The predicted molar refractivity (Wildman–Crippen MR) is 73.9 cm³/mol. The normalized spacial score (nSPS) is 12.4. The molecule has 0 fully saturated rings. The Morgan fingerprint density at radius 1 is 1.12 bits per heavy atom. The van der Waals surface area contributed by atoms with Crippen molar-refractivity contribution < 1.29 is 0 Å². The van der Waals surface area contributed by atoms with Crippen LogP contribution in [0.2, 0.25) is 10.0 Å². The first-order chi connectivity index (χ1) is 8.16. The molecule has 88 valence electrons. The molecule has 2 aromatic rings. The van der Waals surface area contributed by atoms with Gasteiger partial charge in [0, 0.05) is 12.4 Å². The van der Waals surface area contributed by atoms with Gasteiger partial charge < -0.3 is 0 Å². The molecule has 2 nitrogen and oxygen atoms in total. The Morgan fingerprint density at radius 2 is 1.82 bits per heavy atom. The largest absolute Gasteiger partial charge is 0.240 e. The van der Waals surface area contributed by atoms with Gasteiger partial charge in [-0.05, 0) is 30.2 Å². The van der Waals surface area contributed by atoms with Crippen LogP contribution < -0.4 is 0 Å². The fourth-order valence-corrected chi connectivity index (χ4v) is 2.37. The molecule has 0 amide bonds. The third-order valence-corrected chi connectivity index (χ3v) is 3.74. The molecule has 1 heterocycles. The maximum absolute atomic E-state index is 5.96. The van der Waals surface area contributed by atoms with E-state index < -0.39 is 0 Å². The summed E-state index contributed by atoms with van der Waals surface area (Å²) < 4.78 is 0. The summed E-state index contributed by atoms with van der Waals surface area (Å²) in [6.45, 7) is 0. The molecule has 0 N–H and O–H groups in total. The fourth-order valence-electron chi connectivity index (χ4n) is 1.44. The molecular weight excluding hydrogens is 323 g/mol. The van der Waals surface area contributed by atoms with Crippen molar-refractivity contribution in [3.8, 4) is 0 Å². The molecule has 0 radical (unpaired) electrons. The SMILES string of the molecule is Clc1ccc(CC(Br)c2ncccn2)cc1Cl. The van der Waals surface area contributed by atoms with E-state index in [2.05, 4.69) is 25.9 Å². The van der Waals surface area contributed by atoms with Gasteiger partial charge in [-0.25, -0.2) is 9.97 Å². The van der Waals surface area contributed by atoms with Gasteiger partial charge in [-0.1, -0.05) is 45.2 Å². The number of benzene rings is 1. The van der Waals surface area contributed by atoms with Gasteiger partial charge in [0.1, 0.15) is 5.82 Å². The third-order valence-electron chi connectivity index (χ3n) is 2.26. The molecule has 1 aromatic heterocycles. The summed E-state index contributed by atoms with van der Waals surface area (Å²) in [6.07, 6.45) is 4.22. The molecule has 17 heavy (non-hydrogen) atoms. The smallest absolute Gasteiger partial charge is 0.142 e. The Morgan fingerprint density at radius 3 is 2.47 bits per heavy atom. The van der Waals surface area contributed by atoms with Crippen molar-refractivity contribution in [2.24, 2.45) is 0 Å². The van der Waals surface area contributed by atoms with Crippen molar-refractivity contribution in [1.29, 1.82) is 0 Å². The van der Waals surface area contributed by atoms with Gasteiger partial charge in [0.05, 0.1) is 14.9 Å². The molecule has 0 spiro atoms. The standard InChI is InChI=1S/C12H9BrCl2N2/c13-9(12-16-4-1-5-17-12)6-8-2-3-10(14)11(15)7-8/h1-5,7,9H,6H2. The molecule has 1 aromatic carbocycles. The summed E-state index contributed by atoms with van der Waals surface area (Å²) in [6, 6.07) is 7.40. The zero-order valence-corrected chi connectivity index (χ0v) is 11.9. The predicted octanol–water partition coefficient (Wildman–Crippen LogP) is 4.46. The van der Waals surface area contributed by atoms with Crippen LogP contribution in [0.5, 0.6) is 0 Å². The molecule has 0 aliphatic heterocycles. The number of aromatic nitrogens is 2. The van der Waals surface area contributed by atoms with E-state index in [0.717, 1.165) is 17.8 Å². The first kappa shape index (κ1) is 12.8. The number of hydrogen-bond donors (Lipinski definition) is 0. The molecule has 1 unspecified atom stereocenters. The van der Waals surface area contributed by atoms with Gasteiger partial charge in [-0.2, -0.15) is 0 Å². The summed E-state index contributed by atoms with van der Waals surface area (Å²) in [4.78, 5) is 8.47. The molecule has 0 aliphatic carbocycles. The Balaban J connectivity index is 2.13. The highest BCUT2D eigenvalue weighted by atomic mass is 79.9. The number of nitrogens with zero attached hydrogens (tertiary/aromatic N) is 2. The average molecular weight is 332 g/mol. The van der Waals surface area contributed by atoms with Crippen molar-refractivity contribution in [3.63, 3.8) is 0 Å². The van der Waals surface area contributed by atoms with Crippen LogP contribution in [0.25, 0.3) is 0 Å². The second kappa shape index (κ2) is 5.80. The quantitative estimate of drug-likeness (QED) is 0.776. The van der Waals surface area contributed by atoms with E-state index in [0.29, 0.717) is 10.0 Å². The monoisotopic (exact) mass is 330 g/mol. The van der Waals surface area contributed by atoms with E-state index >= 15 is 0 Å². The minimum absolute atomic E-state index is 0.0703. The maximum Gasteiger partial charge on any atom is 0.142 e. The van der Waals surface area contributed by atoms with E-state index in [4.69, 9.17) is 23.2 Å². The number of rotatable bonds is 3. The highest BCUT2D eigenvalue weighted by molar-refractivity contribution is 9.09. The minimum Gasteiger partial charge on any atom is -0.240 e. The second-order valence-electron chi connectivity index (χ2n) is 3.53. The van der Waals surface area contributed by atoms with E-state index in [1.54, 1.807) is 24.5 Å². The first-order valence-corrected chi connectivity index (χ1v) is 6.69. The van der Waals surface area contributed by atoms with Gasteiger partial charge >= 0.3 is 0 Å². The Bertz CT molecular complexity index is 505. The van der Waals surface area contributed by atoms with Gasteiger partial charge in [0.25, 0.3) is 0 Å². The zero-order chi connectivity index (χ0) is 12.3. The van der Waals surface area contributed by atoms with Gasteiger partial charge in [-0.3, -0.25) is 0 Å². The number of halogens is 3. The molecule has 0 bridgehead atoms. The maximum atomic E-state index is 5.96. The lowest BCUT2D eigenvalue weighted by molar-refractivity contribution is 0.849. The molecule has 5 heteroatoms. The van der Waals surface area contributed by atoms with Crippen LogP contribution in [0.15, 0.2) is 36.7 Å². The molecule has 0 aliphatic rings. The lowest BCUT2D eigenvalue weighted by Crippen LogP contribution is -2.00. The highest BCUT2D eigenvalue weighted by Crippen LogP contribution is 2.28. The minimum atomic E-state index is 0.0703. The van der Waals surface area contributed by atoms with Crippen molar-refractivity contribution in [2.45, 2.75) is 11.2 Å². The van der Waals surface area contributed by atoms with Crippen molar-refractivity contribution in [3.05, 3.63) is 58.1 Å². The van der Waals surface area contributed by atoms with Gasteiger partial charge in [-0.15, -0.1) is 0 Å². The zero-order valence-electron chi connectivity index (χ0n) is 8.78. The Kier molecular flexibility index (Phi) is 4.37. The molecule has 0 saturated heterocycles. The van der Waals surface area contributed by atoms with E-state index in [1.807, 2.05) is 12.1 Å². The van der Waals surface area contributed by atoms with Crippen LogP contribution in [0.3, 0.4) is 0 Å². The molecule has 1 atom stereocenters. The Labute approximate surface area is 118 Å². The first-order valence-electron chi connectivity index (χ1n) is 5.01. The Hall–Kier alpha value is -0.640. The van der Waals surface area contributed by atoms with Crippen LogP contribution >= 0.6 is 39.1 Å². The molecule has 2 rings (SSSR count). The van der Waals surface area contributed by atoms with Crippen LogP contribution in [-0.4, -0.2) is 9.97 Å². The van der Waals surface area contributed by atoms with Crippen LogP contribution in [-0.2, 0) is 6.42 Å². The summed E-state index contributed by atoms with van der Waals surface area (Å²) in [5, 5.41) is 1.13. The topological polar surface area (TPSA) is 25.8 Å². The van der Waals surface area contributed by atoms with Crippen molar-refractivity contribution >= 4 is 39.1 Å². The summed E-state index contributed by atoms with van der Waals surface area (Å²) in [7, 11) is 0. The number of hydrogen-bond acceptors (Lipinski definition) is 2. The van der Waals surface area contributed by atoms with E-state index in [1.165, 1.54) is 0 Å². The number of alkyl halides is 1. The van der Waals surface area contributed by atoms with Crippen LogP contribution in [0.1, 0.15) is 16.2 Å². The fraction of sp³-hybridized carbons (Fsp3) is 0.167. The summed E-state index contributed by atoms with van der Waals surface area (Å²) in [5.74, 6) is 0.763. The van der Waals surface area contributed by atoms with Crippen LogP contribution in [0.4, 0.5) is 0 Å². The lowest BCUT2D eigenvalue weighted by Gasteiger charge is -2.08. The molecule has 0 saturated carbocycles. The van der Waals surface area contributed by atoms with E-state index in [-0.39, 0.29) is 4.83 Å². The van der Waals surface area contributed by atoms with Gasteiger partial charge in [0.2, 0.25) is 0 Å². The summed E-state index contributed by atoms with van der Waals surface area (Å²) >= 11 is 15.4. The average Bonchev–Trinajstić information content (AvgIpc) is 2.35. The third kappa shape index (κ3) is 3.41. The summed E-state index contributed by atoms with van der Waals surface area (Å²) in [5.41, 5.74) is 1.09. The van der Waals surface area contributed by atoms with Crippen molar-refractivity contribution in [2.75, 3.05) is 0 Å². The van der Waals surface area contributed by atoms with E-state index in [9.17, 15) is 0 Å². The van der Waals surface area contributed by atoms with Crippen molar-refractivity contribution in [1.82, 2.24) is 9.97 Å². The van der Waals surface area contributed by atoms with Crippen LogP contribution in [0, 0.1) is 0 Å². The lowest BCUT2D eigenvalue weighted by atomic mass is 10.1. The molecular formula is C12H9BrCl2N2. The second-order valence-corrected chi connectivity index (χ2v) is 5.45. The highest BCUT2D eigenvalue weighted by Gasteiger charge is 2.11. The van der Waals surface area contributed by atoms with Gasteiger partial charge in [0.15, 0.2) is 0 Å².